The number of nitrogens with one attached hydrogen (secondary N) is 1. The first kappa shape index (κ1) is 11.8. The first-order valence-electron chi connectivity index (χ1n) is 3.99. The number of carbonyl (C=O) groups is 1. The molecule has 1 amide bonds. The van der Waals surface area contributed by atoms with E-state index < -0.39 is 0 Å². The smallest absolute Gasteiger partial charge is 0.245 e. The number of carbonyl (C=O) groups excluding carboxylic acids is 1. The van der Waals surface area contributed by atoms with E-state index in [-0.39, 0.29) is 12.5 Å². The quantitative estimate of drug-likeness (QED) is 0.677. The monoisotopic (exact) mass is 191 g/mol. The first-order valence-corrected chi connectivity index (χ1v) is 5.28. The Morgan fingerprint density at radius 2 is 2.33 bits per heavy atom. The first-order chi connectivity index (χ1) is 5.70. The highest BCUT2D eigenvalue weighted by Crippen LogP contribution is 2.07. The Kier molecular flexibility index (Phi) is 7.29. The molecule has 0 aliphatic heterocycles. The van der Waals surface area contributed by atoms with Crippen LogP contribution in [-0.2, 0) is 9.53 Å². The van der Waals surface area contributed by atoms with Crippen LogP contribution in [0.2, 0.25) is 0 Å². The lowest BCUT2D eigenvalue weighted by molar-refractivity contribution is -0.124. The Labute approximate surface area is 78.2 Å². The minimum Gasteiger partial charge on any atom is -0.375 e. The molecule has 0 heterocycles. The molecular formula is C8H17NO2S. The minimum atomic E-state index is -0.0363. The predicted molar refractivity (Wildman–Crippen MR) is 52.5 cm³/mol. The molecule has 0 radical (unpaired) electrons. The average Bonchev–Trinajstić information content (AvgIpc) is 2.04. The highest BCUT2D eigenvalue weighted by atomic mass is 32.2. The number of hydrogen-bond acceptors (Lipinski definition) is 3. The van der Waals surface area contributed by atoms with E-state index >= 15 is 0 Å². The topological polar surface area (TPSA) is 38.3 Å². The maximum absolute atomic E-state index is 10.9. The van der Waals surface area contributed by atoms with Gasteiger partial charge in [-0.1, -0.05) is 6.92 Å². The zero-order chi connectivity index (χ0) is 9.40. The lowest BCUT2D eigenvalue weighted by atomic mass is 10.3. The van der Waals surface area contributed by atoms with Gasteiger partial charge in [0.1, 0.15) is 6.61 Å². The molecule has 0 saturated heterocycles. The molecule has 0 saturated carbocycles. The van der Waals surface area contributed by atoms with Crippen molar-refractivity contribution in [3.05, 3.63) is 0 Å². The Morgan fingerprint density at radius 3 is 2.83 bits per heavy atom. The van der Waals surface area contributed by atoms with Gasteiger partial charge >= 0.3 is 0 Å². The molecule has 4 heteroatoms. The summed E-state index contributed by atoms with van der Waals surface area (Å²) in [6, 6.07) is 0. The van der Waals surface area contributed by atoms with Crippen molar-refractivity contribution in [2.45, 2.75) is 18.6 Å². The molecule has 0 aromatic heterocycles. The van der Waals surface area contributed by atoms with E-state index in [1.165, 1.54) is 7.11 Å². The molecule has 0 aromatic rings. The second-order valence-corrected chi connectivity index (χ2v) is 3.89. The maximum Gasteiger partial charge on any atom is 0.245 e. The number of hydrogen-bond donors (Lipinski definition) is 1. The highest BCUT2D eigenvalue weighted by molar-refractivity contribution is 7.99. The van der Waals surface area contributed by atoms with Crippen LogP contribution in [0.5, 0.6) is 0 Å². The standard InChI is InChI=1S/C8H17NO2S/c1-7(12-3)4-5-9-8(10)6-11-2/h7H,4-6H2,1-3H3,(H,9,10). The zero-order valence-electron chi connectivity index (χ0n) is 7.92. The van der Waals surface area contributed by atoms with Crippen molar-refractivity contribution in [2.75, 3.05) is 26.5 Å². The second-order valence-electron chi connectivity index (χ2n) is 2.62. The molecule has 1 N–H and O–H groups in total. The molecular weight excluding hydrogens is 174 g/mol. The van der Waals surface area contributed by atoms with Crippen LogP contribution in [0.1, 0.15) is 13.3 Å². The summed E-state index contributed by atoms with van der Waals surface area (Å²) in [6.07, 6.45) is 3.08. The molecule has 0 spiro atoms. The van der Waals surface area contributed by atoms with Gasteiger partial charge in [-0.2, -0.15) is 11.8 Å². The van der Waals surface area contributed by atoms with E-state index in [9.17, 15) is 4.79 Å². The van der Waals surface area contributed by atoms with Crippen LogP contribution in [0.4, 0.5) is 0 Å². The van der Waals surface area contributed by atoms with E-state index in [2.05, 4.69) is 23.2 Å². The molecule has 0 aliphatic carbocycles. The third-order valence-corrected chi connectivity index (χ3v) is 2.59. The van der Waals surface area contributed by atoms with Crippen LogP contribution in [0.25, 0.3) is 0 Å². The third kappa shape index (κ3) is 6.49. The number of rotatable bonds is 6. The van der Waals surface area contributed by atoms with Crippen molar-refractivity contribution in [1.29, 1.82) is 0 Å². The van der Waals surface area contributed by atoms with Gasteiger partial charge in [-0.05, 0) is 12.7 Å². The van der Waals surface area contributed by atoms with Crippen LogP contribution in [0.15, 0.2) is 0 Å². The normalized spacial score (nSPS) is 12.6. The molecule has 1 unspecified atom stereocenters. The number of thioether (sulfide) groups is 1. The van der Waals surface area contributed by atoms with Gasteiger partial charge in [0.15, 0.2) is 0 Å². The molecule has 0 aliphatic rings. The number of methoxy groups -OCH3 is 1. The van der Waals surface area contributed by atoms with Crippen LogP contribution < -0.4 is 5.32 Å². The zero-order valence-corrected chi connectivity index (χ0v) is 8.74. The summed E-state index contributed by atoms with van der Waals surface area (Å²) >= 11 is 1.81. The van der Waals surface area contributed by atoms with Gasteiger partial charge < -0.3 is 10.1 Å². The lowest BCUT2D eigenvalue weighted by Gasteiger charge is -2.08. The van der Waals surface area contributed by atoms with Crippen LogP contribution in [-0.4, -0.2) is 37.7 Å². The molecule has 12 heavy (non-hydrogen) atoms. The summed E-state index contributed by atoms with van der Waals surface area (Å²) in [5, 5.41) is 3.38. The van der Waals surface area contributed by atoms with Gasteiger partial charge in [-0.3, -0.25) is 4.79 Å². The SMILES string of the molecule is COCC(=O)NCCC(C)SC. The minimum absolute atomic E-state index is 0.0363. The van der Waals surface area contributed by atoms with Gasteiger partial charge in [0.25, 0.3) is 0 Å². The van der Waals surface area contributed by atoms with Crippen molar-refractivity contribution >= 4 is 17.7 Å². The largest absolute Gasteiger partial charge is 0.375 e. The van der Waals surface area contributed by atoms with E-state index in [4.69, 9.17) is 0 Å². The van der Waals surface area contributed by atoms with Crippen molar-refractivity contribution in [3.8, 4) is 0 Å². The molecule has 0 bridgehead atoms. The van der Waals surface area contributed by atoms with Gasteiger partial charge in [-0.15, -0.1) is 0 Å². The van der Waals surface area contributed by atoms with Gasteiger partial charge in [0.2, 0.25) is 5.91 Å². The number of amides is 1. The highest BCUT2D eigenvalue weighted by Gasteiger charge is 2.01. The fourth-order valence-electron chi connectivity index (χ4n) is 0.715. The molecule has 0 aromatic carbocycles. The van der Waals surface area contributed by atoms with Gasteiger partial charge in [0.05, 0.1) is 0 Å². The number of ether oxygens (including phenoxy) is 1. The van der Waals surface area contributed by atoms with Crippen molar-refractivity contribution < 1.29 is 9.53 Å². The third-order valence-electron chi connectivity index (χ3n) is 1.55. The van der Waals surface area contributed by atoms with Crippen LogP contribution in [0, 0.1) is 0 Å². The Morgan fingerprint density at radius 1 is 1.67 bits per heavy atom. The second kappa shape index (κ2) is 7.43. The molecule has 3 nitrogen and oxygen atoms in total. The molecule has 0 fully saturated rings. The van der Waals surface area contributed by atoms with Crippen molar-refractivity contribution in [1.82, 2.24) is 5.32 Å². The summed E-state index contributed by atoms with van der Waals surface area (Å²) in [5.74, 6) is -0.0363. The van der Waals surface area contributed by atoms with E-state index in [0.717, 1.165) is 13.0 Å². The van der Waals surface area contributed by atoms with Gasteiger partial charge in [-0.25, -0.2) is 0 Å². The fraction of sp³-hybridized carbons (Fsp3) is 0.875. The Balaban J connectivity index is 3.24. The van der Waals surface area contributed by atoms with E-state index in [0.29, 0.717) is 5.25 Å². The molecule has 0 rings (SSSR count). The lowest BCUT2D eigenvalue weighted by Crippen LogP contribution is -2.29. The van der Waals surface area contributed by atoms with Gasteiger partial charge in [0, 0.05) is 18.9 Å². The van der Waals surface area contributed by atoms with Crippen LogP contribution >= 0.6 is 11.8 Å². The van der Waals surface area contributed by atoms with Crippen molar-refractivity contribution in [2.24, 2.45) is 0 Å². The summed E-state index contributed by atoms with van der Waals surface area (Å²) in [7, 11) is 1.52. The summed E-state index contributed by atoms with van der Waals surface area (Å²) < 4.78 is 4.67. The Hall–Kier alpha value is -0.220. The predicted octanol–water partition coefficient (Wildman–Crippen LogP) is 0.891. The Bertz CT molecular complexity index is 130. The molecule has 1 atom stereocenters. The van der Waals surface area contributed by atoms with Crippen molar-refractivity contribution in [3.63, 3.8) is 0 Å². The fourth-order valence-corrected chi connectivity index (χ4v) is 1.07. The molecule has 72 valence electrons. The van der Waals surface area contributed by atoms with E-state index in [1.807, 2.05) is 11.8 Å². The average molecular weight is 191 g/mol. The summed E-state index contributed by atoms with van der Waals surface area (Å²) in [5.41, 5.74) is 0. The maximum atomic E-state index is 10.9. The summed E-state index contributed by atoms with van der Waals surface area (Å²) in [4.78, 5) is 10.9. The van der Waals surface area contributed by atoms with E-state index in [1.54, 1.807) is 0 Å². The summed E-state index contributed by atoms with van der Waals surface area (Å²) in [6.45, 7) is 3.05. The van der Waals surface area contributed by atoms with Crippen LogP contribution in [0.3, 0.4) is 0 Å².